The number of nitrogens with one attached hydrogen (secondary N) is 1. The second-order valence-corrected chi connectivity index (χ2v) is 5.77. The number of aromatic carboxylic acids is 1. The Hall–Kier alpha value is -2.22. The molecule has 0 spiro atoms. The topological polar surface area (TPSA) is 75.1 Å². The number of fused-ring (bicyclic) bond motifs is 1. The molecule has 22 heavy (non-hydrogen) atoms. The highest BCUT2D eigenvalue weighted by Crippen LogP contribution is 2.25. The molecule has 3 rings (SSSR count). The number of anilines is 1. The Kier molecular flexibility index (Phi) is 4.19. The van der Waals surface area contributed by atoms with Crippen LogP contribution < -0.4 is 5.32 Å². The maximum atomic E-state index is 11.2. The predicted octanol–water partition coefficient (Wildman–Crippen LogP) is 3.54. The van der Waals surface area contributed by atoms with E-state index in [0.29, 0.717) is 12.4 Å². The van der Waals surface area contributed by atoms with Crippen molar-refractivity contribution in [2.75, 3.05) is 5.32 Å². The van der Waals surface area contributed by atoms with Crippen LogP contribution in [0.25, 0.3) is 10.8 Å². The molecule has 0 fully saturated rings. The summed E-state index contributed by atoms with van der Waals surface area (Å²) in [6.45, 7) is 0.600. The van der Waals surface area contributed by atoms with Gasteiger partial charge in [-0.2, -0.15) is 0 Å². The minimum atomic E-state index is -0.956. The first kappa shape index (κ1) is 14.7. The number of halogens is 1. The predicted molar refractivity (Wildman–Crippen MR) is 93.0 cm³/mol. The van der Waals surface area contributed by atoms with Gasteiger partial charge in [0.05, 0.1) is 5.56 Å². The van der Waals surface area contributed by atoms with Crippen molar-refractivity contribution in [1.29, 1.82) is 0 Å². The Morgan fingerprint density at radius 2 is 1.86 bits per heavy atom. The molecule has 2 N–H and O–H groups in total. The molecule has 0 aliphatic rings. The number of carbonyl (C=O) groups is 1. The molecule has 2 aromatic carbocycles. The number of carboxylic acids is 1. The molecule has 0 aliphatic heterocycles. The monoisotopic (exact) mass is 405 g/mol. The van der Waals surface area contributed by atoms with Crippen LogP contribution in [0.15, 0.2) is 48.5 Å². The summed E-state index contributed by atoms with van der Waals surface area (Å²) < 4.78 is 0.745. The number of hydrogen-bond donors (Lipinski definition) is 2. The maximum Gasteiger partial charge on any atom is 0.335 e. The molecule has 1 aromatic heterocycles. The minimum absolute atomic E-state index is 0.235. The summed E-state index contributed by atoms with van der Waals surface area (Å²) in [6.07, 6.45) is 0. The lowest BCUT2D eigenvalue weighted by atomic mass is 10.1. The number of aromatic nitrogens is 2. The average Bonchev–Trinajstić information content (AvgIpc) is 2.55. The zero-order chi connectivity index (χ0) is 15.5. The first-order valence-electron chi connectivity index (χ1n) is 6.62. The summed E-state index contributed by atoms with van der Waals surface area (Å²) in [4.78, 5) is 11.2. The quantitative estimate of drug-likeness (QED) is 0.650. The molecule has 0 saturated heterocycles. The van der Waals surface area contributed by atoms with Crippen molar-refractivity contribution in [3.8, 4) is 0 Å². The summed E-state index contributed by atoms with van der Waals surface area (Å²) >= 11 is 2.09. The van der Waals surface area contributed by atoms with E-state index in [1.54, 1.807) is 18.2 Å². The van der Waals surface area contributed by atoms with E-state index in [4.69, 9.17) is 5.11 Å². The minimum Gasteiger partial charge on any atom is -0.478 e. The number of hydrogen-bond acceptors (Lipinski definition) is 4. The van der Waals surface area contributed by atoms with E-state index in [-0.39, 0.29) is 5.56 Å². The van der Waals surface area contributed by atoms with E-state index < -0.39 is 5.97 Å². The van der Waals surface area contributed by atoms with Gasteiger partial charge in [0.1, 0.15) is 3.70 Å². The smallest absolute Gasteiger partial charge is 0.335 e. The fourth-order valence-corrected chi connectivity index (χ4v) is 2.75. The van der Waals surface area contributed by atoms with Gasteiger partial charge in [0, 0.05) is 17.3 Å². The fraction of sp³-hybridized carbons (Fsp3) is 0.0625. The number of benzene rings is 2. The summed E-state index contributed by atoms with van der Waals surface area (Å²) in [5, 5.41) is 22.3. The third-order valence-corrected chi connectivity index (χ3v) is 4.08. The number of nitrogens with zero attached hydrogens (tertiary/aromatic N) is 2. The van der Waals surface area contributed by atoms with E-state index in [0.717, 1.165) is 20.0 Å². The molecule has 1 heterocycles. The maximum absolute atomic E-state index is 11.2. The van der Waals surface area contributed by atoms with Crippen LogP contribution in [0.5, 0.6) is 0 Å². The Morgan fingerprint density at radius 1 is 1.09 bits per heavy atom. The fourth-order valence-electron chi connectivity index (χ4n) is 2.17. The van der Waals surface area contributed by atoms with Crippen LogP contribution in [0.3, 0.4) is 0 Å². The zero-order valence-electron chi connectivity index (χ0n) is 11.5. The van der Waals surface area contributed by atoms with Gasteiger partial charge >= 0.3 is 5.97 Å². The Bertz CT molecular complexity index is 837. The van der Waals surface area contributed by atoms with Gasteiger partial charge in [0.15, 0.2) is 5.82 Å². The normalized spacial score (nSPS) is 10.6. The van der Waals surface area contributed by atoms with Crippen LogP contribution in [0, 0.1) is 3.70 Å². The molecule has 0 unspecified atom stereocenters. The van der Waals surface area contributed by atoms with Crippen molar-refractivity contribution in [3.05, 3.63) is 63.4 Å². The molecular formula is C16H12IN3O2. The van der Waals surface area contributed by atoms with Crippen LogP contribution in [-0.2, 0) is 6.54 Å². The summed E-state index contributed by atoms with van der Waals surface area (Å²) in [5.74, 6) is -0.370. The third kappa shape index (κ3) is 3.01. The molecule has 6 heteroatoms. The molecular weight excluding hydrogens is 393 g/mol. The number of rotatable bonds is 4. The highest BCUT2D eigenvalue weighted by molar-refractivity contribution is 14.1. The van der Waals surface area contributed by atoms with Gasteiger partial charge in [-0.1, -0.05) is 36.4 Å². The van der Waals surface area contributed by atoms with Crippen molar-refractivity contribution >= 4 is 45.2 Å². The van der Waals surface area contributed by atoms with E-state index in [1.165, 1.54) is 0 Å². The molecule has 0 radical (unpaired) electrons. The van der Waals surface area contributed by atoms with Gasteiger partial charge < -0.3 is 10.4 Å². The van der Waals surface area contributed by atoms with Gasteiger partial charge in [0.25, 0.3) is 0 Å². The Balaban J connectivity index is 1.99. The molecule has 110 valence electrons. The van der Waals surface area contributed by atoms with Crippen molar-refractivity contribution in [2.45, 2.75) is 6.54 Å². The molecule has 0 saturated carbocycles. The van der Waals surface area contributed by atoms with Crippen molar-refractivity contribution < 1.29 is 9.90 Å². The van der Waals surface area contributed by atoms with Crippen molar-refractivity contribution in [1.82, 2.24) is 10.2 Å². The van der Waals surface area contributed by atoms with Gasteiger partial charge in [0.2, 0.25) is 0 Å². The molecule has 0 amide bonds. The van der Waals surface area contributed by atoms with Crippen LogP contribution in [0.4, 0.5) is 5.82 Å². The Morgan fingerprint density at radius 3 is 2.59 bits per heavy atom. The molecule has 5 nitrogen and oxygen atoms in total. The van der Waals surface area contributed by atoms with E-state index in [2.05, 4.69) is 38.1 Å². The van der Waals surface area contributed by atoms with Crippen LogP contribution in [0.1, 0.15) is 15.9 Å². The summed E-state index contributed by atoms with van der Waals surface area (Å²) in [5.41, 5.74) is 1.35. The number of carboxylic acid groups (broad SMARTS) is 1. The average molecular weight is 405 g/mol. The summed E-state index contributed by atoms with van der Waals surface area (Å²) in [7, 11) is 0. The Labute approximate surface area is 140 Å². The van der Waals surface area contributed by atoms with Crippen LogP contribution in [-0.4, -0.2) is 21.3 Å². The second kappa shape index (κ2) is 6.27. The lowest BCUT2D eigenvalue weighted by Crippen LogP contribution is -2.05. The largest absolute Gasteiger partial charge is 0.478 e. The summed E-state index contributed by atoms with van der Waals surface area (Å²) in [6, 6.07) is 14.9. The molecule has 0 bridgehead atoms. The van der Waals surface area contributed by atoms with E-state index in [9.17, 15) is 4.79 Å². The SMILES string of the molecule is O=C(O)c1ccc2c(I)nnc(NCc3ccccc3)c2c1. The first-order valence-corrected chi connectivity index (χ1v) is 7.70. The van der Waals surface area contributed by atoms with Gasteiger partial charge in [-0.15, -0.1) is 10.2 Å². The molecule has 0 atom stereocenters. The lowest BCUT2D eigenvalue weighted by Gasteiger charge is -2.09. The van der Waals surface area contributed by atoms with Gasteiger partial charge in [-0.25, -0.2) is 4.79 Å². The lowest BCUT2D eigenvalue weighted by molar-refractivity contribution is 0.0697. The highest BCUT2D eigenvalue weighted by Gasteiger charge is 2.11. The standard InChI is InChI=1S/C16H12IN3O2/c17-14-12-7-6-11(16(21)22)8-13(12)15(20-19-14)18-9-10-4-2-1-3-5-10/h1-8H,9H2,(H,18,20)(H,21,22). The van der Waals surface area contributed by atoms with Crippen molar-refractivity contribution in [3.63, 3.8) is 0 Å². The van der Waals surface area contributed by atoms with E-state index in [1.807, 2.05) is 30.3 Å². The zero-order valence-corrected chi connectivity index (χ0v) is 13.6. The molecule has 0 aliphatic carbocycles. The van der Waals surface area contributed by atoms with Gasteiger partial charge in [-0.05, 0) is 40.3 Å². The molecule has 3 aromatic rings. The highest BCUT2D eigenvalue weighted by atomic mass is 127. The third-order valence-electron chi connectivity index (χ3n) is 3.28. The van der Waals surface area contributed by atoms with Crippen LogP contribution >= 0.6 is 22.6 Å². The van der Waals surface area contributed by atoms with E-state index >= 15 is 0 Å². The van der Waals surface area contributed by atoms with Gasteiger partial charge in [-0.3, -0.25) is 0 Å². The van der Waals surface area contributed by atoms with Crippen molar-refractivity contribution in [2.24, 2.45) is 0 Å². The first-order chi connectivity index (χ1) is 10.6. The second-order valence-electron chi connectivity index (χ2n) is 4.74. The van der Waals surface area contributed by atoms with Crippen LogP contribution in [0.2, 0.25) is 0 Å².